The first-order valence-corrected chi connectivity index (χ1v) is 7.25. The number of rotatable bonds is 3. The lowest BCUT2D eigenvalue weighted by Gasteiger charge is -2.16. The van der Waals surface area contributed by atoms with Gasteiger partial charge in [-0.1, -0.05) is 6.07 Å². The van der Waals surface area contributed by atoms with Gasteiger partial charge in [0, 0.05) is 25.8 Å². The molecular formula is C17H17F2N3O. The normalized spacial score (nSPS) is 12.6. The summed E-state index contributed by atoms with van der Waals surface area (Å²) >= 11 is 0. The molecule has 0 aliphatic heterocycles. The summed E-state index contributed by atoms with van der Waals surface area (Å²) in [5, 5.41) is 3.24. The average Bonchev–Trinajstić information content (AvgIpc) is 2.74. The highest BCUT2D eigenvalue weighted by Crippen LogP contribution is 2.23. The van der Waals surface area contributed by atoms with Crippen molar-refractivity contribution < 1.29 is 8.78 Å². The zero-order valence-corrected chi connectivity index (χ0v) is 13.1. The summed E-state index contributed by atoms with van der Waals surface area (Å²) in [5.41, 5.74) is 3.00. The van der Waals surface area contributed by atoms with Gasteiger partial charge in [-0.3, -0.25) is 9.13 Å². The van der Waals surface area contributed by atoms with Gasteiger partial charge in [-0.05, 0) is 42.8 Å². The molecule has 2 aromatic carbocycles. The maximum Gasteiger partial charge on any atom is 0.328 e. The lowest BCUT2D eigenvalue weighted by Crippen LogP contribution is -2.19. The fraction of sp³-hybridized carbons (Fsp3) is 0.235. The molecule has 3 aromatic rings. The first-order chi connectivity index (χ1) is 10.9. The summed E-state index contributed by atoms with van der Waals surface area (Å²) in [4.78, 5) is 11.9. The average molecular weight is 317 g/mol. The SMILES string of the molecule is CC(Nc1ccc2c(c1)n(C)c(=O)n2C)c1ccc(F)c(F)c1. The van der Waals surface area contributed by atoms with Crippen molar-refractivity contribution in [3.8, 4) is 0 Å². The Morgan fingerprint density at radius 2 is 1.65 bits per heavy atom. The number of imidazole rings is 1. The van der Waals surface area contributed by atoms with E-state index >= 15 is 0 Å². The Hall–Kier alpha value is -2.63. The fourth-order valence-electron chi connectivity index (χ4n) is 2.71. The third kappa shape index (κ3) is 2.60. The topological polar surface area (TPSA) is 39.0 Å². The van der Waals surface area contributed by atoms with E-state index in [1.807, 2.05) is 25.1 Å². The van der Waals surface area contributed by atoms with E-state index in [2.05, 4.69) is 5.32 Å². The van der Waals surface area contributed by atoms with Crippen molar-refractivity contribution in [3.05, 3.63) is 64.1 Å². The molecule has 0 amide bonds. The predicted molar refractivity (Wildman–Crippen MR) is 86.6 cm³/mol. The number of nitrogens with zero attached hydrogens (tertiary/aromatic N) is 2. The highest BCUT2D eigenvalue weighted by molar-refractivity contribution is 5.80. The predicted octanol–water partition coefficient (Wildman–Crippen LogP) is 3.33. The largest absolute Gasteiger partial charge is 0.378 e. The molecule has 0 aliphatic rings. The zero-order chi connectivity index (χ0) is 16.7. The first-order valence-electron chi connectivity index (χ1n) is 7.25. The van der Waals surface area contributed by atoms with Gasteiger partial charge in [-0.25, -0.2) is 13.6 Å². The Balaban J connectivity index is 1.93. The molecule has 3 rings (SSSR count). The van der Waals surface area contributed by atoms with Crippen molar-refractivity contribution in [2.75, 3.05) is 5.32 Å². The van der Waals surface area contributed by atoms with Crippen LogP contribution in [0.5, 0.6) is 0 Å². The number of aromatic nitrogens is 2. The zero-order valence-electron chi connectivity index (χ0n) is 13.1. The fourth-order valence-corrected chi connectivity index (χ4v) is 2.71. The molecule has 23 heavy (non-hydrogen) atoms. The lowest BCUT2D eigenvalue weighted by atomic mass is 10.1. The molecule has 0 fully saturated rings. The standard InChI is InChI=1S/C17H17F2N3O/c1-10(11-4-6-13(18)14(19)8-11)20-12-5-7-15-16(9-12)22(3)17(23)21(15)2/h4-10,20H,1-3H3. The Labute approximate surface area is 132 Å². The summed E-state index contributed by atoms with van der Waals surface area (Å²) in [7, 11) is 3.44. The second kappa shape index (κ2) is 5.53. The summed E-state index contributed by atoms with van der Waals surface area (Å²) in [6, 6.07) is 9.23. The number of hydrogen-bond acceptors (Lipinski definition) is 2. The molecule has 6 heteroatoms. The van der Waals surface area contributed by atoms with Crippen LogP contribution in [0.4, 0.5) is 14.5 Å². The molecule has 0 bridgehead atoms. The second-order valence-corrected chi connectivity index (χ2v) is 5.64. The van der Waals surface area contributed by atoms with Crippen molar-refractivity contribution in [2.45, 2.75) is 13.0 Å². The van der Waals surface area contributed by atoms with E-state index < -0.39 is 11.6 Å². The van der Waals surface area contributed by atoms with Crippen LogP contribution in [0.3, 0.4) is 0 Å². The minimum Gasteiger partial charge on any atom is -0.378 e. The number of fused-ring (bicyclic) bond motifs is 1. The van der Waals surface area contributed by atoms with Crippen LogP contribution in [0.1, 0.15) is 18.5 Å². The van der Waals surface area contributed by atoms with E-state index in [1.54, 1.807) is 29.3 Å². The van der Waals surface area contributed by atoms with Crippen LogP contribution in [0.15, 0.2) is 41.2 Å². The number of nitrogens with one attached hydrogen (secondary N) is 1. The molecule has 0 aliphatic carbocycles. The molecule has 0 spiro atoms. The number of anilines is 1. The Morgan fingerprint density at radius 3 is 2.35 bits per heavy atom. The van der Waals surface area contributed by atoms with Crippen LogP contribution in [-0.2, 0) is 14.1 Å². The number of hydrogen-bond donors (Lipinski definition) is 1. The van der Waals surface area contributed by atoms with Crippen molar-refractivity contribution in [1.29, 1.82) is 0 Å². The molecule has 1 atom stereocenters. The summed E-state index contributed by atoms with van der Waals surface area (Å²) in [6.45, 7) is 1.86. The van der Waals surface area contributed by atoms with E-state index in [4.69, 9.17) is 0 Å². The lowest BCUT2D eigenvalue weighted by molar-refractivity contribution is 0.506. The van der Waals surface area contributed by atoms with Gasteiger partial charge in [0.1, 0.15) is 0 Å². The van der Waals surface area contributed by atoms with E-state index in [0.717, 1.165) is 22.8 Å². The number of benzene rings is 2. The van der Waals surface area contributed by atoms with Gasteiger partial charge in [0.15, 0.2) is 11.6 Å². The molecule has 0 saturated heterocycles. The van der Waals surface area contributed by atoms with Crippen molar-refractivity contribution in [3.63, 3.8) is 0 Å². The van der Waals surface area contributed by atoms with E-state index in [-0.39, 0.29) is 11.7 Å². The second-order valence-electron chi connectivity index (χ2n) is 5.64. The monoisotopic (exact) mass is 317 g/mol. The molecule has 1 heterocycles. The van der Waals surface area contributed by atoms with E-state index in [1.165, 1.54) is 6.07 Å². The van der Waals surface area contributed by atoms with Crippen LogP contribution < -0.4 is 11.0 Å². The van der Waals surface area contributed by atoms with Gasteiger partial charge in [0.2, 0.25) is 0 Å². The minimum absolute atomic E-state index is 0.0918. The van der Waals surface area contributed by atoms with E-state index in [9.17, 15) is 13.6 Å². The summed E-state index contributed by atoms with van der Waals surface area (Å²) < 4.78 is 29.5. The maximum absolute atomic E-state index is 13.3. The molecule has 4 nitrogen and oxygen atoms in total. The van der Waals surface area contributed by atoms with Gasteiger partial charge >= 0.3 is 5.69 Å². The molecular weight excluding hydrogens is 300 g/mol. The Bertz CT molecular complexity index is 943. The van der Waals surface area contributed by atoms with Crippen molar-refractivity contribution in [2.24, 2.45) is 14.1 Å². The van der Waals surface area contributed by atoms with Gasteiger partial charge in [-0.2, -0.15) is 0 Å². The van der Waals surface area contributed by atoms with Crippen molar-refractivity contribution in [1.82, 2.24) is 9.13 Å². The Morgan fingerprint density at radius 1 is 0.957 bits per heavy atom. The third-order valence-electron chi connectivity index (χ3n) is 4.10. The maximum atomic E-state index is 13.3. The number of aryl methyl sites for hydroxylation is 2. The molecule has 1 N–H and O–H groups in total. The quantitative estimate of drug-likeness (QED) is 0.805. The number of halogens is 2. The van der Waals surface area contributed by atoms with Crippen LogP contribution >= 0.6 is 0 Å². The third-order valence-corrected chi connectivity index (χ3v) is 4.10. The first kappa shape index (κ1) is 15.3. The van der Waals surface area contributed by atoms with Gasteiger partial charge < -0.3 is 5.32 Å². The van der Waals surface area contributed by atoms with Crippen LogP contribution in [0.25, 0.3) is 11.0 Å². The highest BCUT2D eigenvalue weighted by atomic mass is 19.2. The summed E-state index contributed by atoms with van der Waals surface area (Å²) in [5.74, 6) is -1.72. The Kier molecular flexibility index (Phi) is 3.67. The molecule has 0 radical (unpaired) electrons. The van der Waals surface area contributed by atoms with Crippen LogP contribution in [0.2, 0.25) is 0 Å². The smallest absolute Gasteiger partial charge is 0.328 e. The molecule has 0 saturated carbocycles. The highest BCUT2D eigenvalue weighted by Gasteiger charge is 2.12. The molecule has 1 aromatic heterocycles. The molecule has 120 valence electrons. The van der Waals surface area contributed by atoms with Gasteiger partial charge in [-0.15, -0.1) is 0 Å². The minimum atomic E-state index is -0.864. The van der Waals surface area contributed by atoms with Crippen LogP contribution in [0, 0.1) is 11.6 Å². The van der Waals surface area contributed by atoms with Gasteiger partial charge in [0.25, 0.3) is 0 Å². The molecule has 1 unspecified atom stereocenters. The van der Waals surface area contributed by atoms with Crippen LogP contribution in [-0.4, -0.2) is 9.13 Å². The van der Waals surface area contributed by atoms with E-state index in [0.29, 0.717) is 5.56 Å². The van der Waals surface area contributed by atoms with Crippen molar-refractivity contribution >= 4 is 16.7 Å². The summed E-state index contributed by atoms with van der Waals surface area (Å²) in [6.07, 6.45) is 0. The van der Waals surface area contributed by atoms with Gasteiger partial charge in [0.05, 0.1) is 11.0 Å².